The summed E-state index contributed by atoms with van der Waals surface area (Å²) in [6, 6.07) is 12.8. The number of nitrogens with one attached hydrogen (secondary N) is 1. The highest BCUT2D eigenvalue weighted by Crippen LogP contribution is 2.32. The Kier molecular flexibility index (Phi) is 8.03. The quantitative estimate of drug-likeness (QED) is 0.579. The van der Waals surface area contributed by atoms with E-state index < -0.39 is 12.2 Å². The van der Waals surface area contributed by atoms with E-state index in [1.807, 2.05) is 24.3 Å². The van der Waals surface area contributed by atoms with Crippen molar-refractivity contribution >= 4 is 6.03 Å². The number of halogens is 2. The average molecular weight is 472 g/mol. The van der Waals surface area contributed by atoms with Crippen LogP contribution in [0, 0.1) is 11.7 Å². The number of hydrogen-bond acceptors (Lipinski definition) is 3. The molecule has 34 heavy (non-hydrogen) atoms. The Morgan fingerprint density at radius 1 is 1.09 bits per heavy atom. The molecule has 0 bridgehead atoms. The molecule has 2 aromatic rings. The molecule has 0 radical (unpaired) electrons. The molecular formula is C27H35F2N3O2. The minimum absolute atomic E-state index is 0.124. The number of rotatable bonds is 8. The monoisotopic (exact) mass is 471 g/mol. The van der Waals surface area contributed by atoms with Crippen molar-refractivity contribution < 1.29 is 18.3 Å². The van der Waals surface area contributed by atoms with Gasteiger partial charge in [-0.1, -0.05) is 38.1 Å². The predicted molar refractivity (Wildman–Crippen MR) is 129 cm³/mol. The summed E-state index contributed by atoms with van der Waals surface area (Å²) in [5.74, 6) is 0.912. The lowest BCUT2D eigenvalue weighted by Crippen LogP contribution is -2.58. The highest BCUT2D eigenvalue weighted by Gasteiger charge is 2.44. The SMILES string of the molecule is CC(C)COc1ccc(CNC(=O)N(Cc2ccc(F)cc2)[C@H]2CCN3CCC[C@H]3[C@@H]2F)cc1. The van der Waals surface area contributed by atoms with Crippen LogP contribution in [0.2, 0.25) is 0 Å². The highest BCUT2D eigenvalue weighted by atomic mass is 19.1. The van der Waals surface area contributed by atoms with Gasteiger partial charge in [0.1, 0.15) is 17.7 Å². The summed E-state index contributed by atoms with van der Waals surface area (Å²) >= 11 is 0. The molecule has 4 rings (SSSR count). The Balaban J connectivity index is 1.43. The van der Waals surface area contributed by atoms with Gasteiger partial charge in [-0.2, -0.15) is 0 Å². The molecule has 0 spiro atoms. The van der Waals surface area contributed by atoms with Gasteiger partial charge in [0, 0.05) is 25.7 Å². The molecule has 0 saturated carbocycles. The maximum Gasteiger partial charge on any atom is 0.318 e. The smallest absolute Gasteiger partial charge is 0.318 e. The van der Waals surface area contributed by atoms with E-state index in [4.69, 9.17) is 4.74 Å². The fourth-order valence-electron chi connectivity index (χ4n) is 4.90. The normalized spacial score (nSPS) is 22.4. The topological polar surface area (TPSA) is 44.8 Å². The number of carbonyl (C=O) groups excluding carboxylic acids is 1. The molecule has 7 heteroatoms. The van der Waals surface area contributed by atoms with Gasteiger partial charge in [0.25, 0.3) is 0 Å². The maximum absolute atomic E-state index is 15.6. The molecular weight excluding hydrogens is 436 g/mol. The number of nitrogens with zero attached hydrogens (tertiary/aromatic N) is 2. The fourth-order valence-corrected chi connectivity index (χ4v) is 4.90. The molecule has 2 fully saturated rings. The van der Waals surface area contributed by atoms with Crippen molar-refractivity contribution in [1.82, 2.24) is 15.1 Å². The lowest BCUT2D eigenvalue weighted by Gasteiger charge is -2.43. The third-order valence-corrected chi connectivity index (χ3v) is 6.74. The summed E-state index contributed by atoms with van der Waals surface area (Å²) in [5.41, 5.74) is 1.72. The number of hydrogen-bond donors (Lipinski definition) is 1. The van der Waals surface area contributed by atoms with E-state index in [0.29, 0.717) is 25.5 Å². The number of ether oxygens (including phenoxy) is 1. The molecule has 0 aliphatic carbocycles. The van der Waals surface area contributed by atoms with Crippen molar-refractivity contribution in [2.45, 2.75) is 64.5 Å². The summed E-state index contributed by atoms with van der Waals surface area (Å²) in [5, 5.41) is 2.97. The number of amides is 2. The number of fused-ring (bicyclic) bond motifs is 1. The van der Waals surface area contributed by atoms with E-state index in [1.54, 1.807) is 17.0 Å². The van der Waals surface area contributed by atoms with Gasteiger partial charge in [0.05, 0.1) is 12.6 Å². The summed E-state index contributed by atoms with van der Waals surface area (Å²) in [4.78, 5) is 17.1. The van der Waals surface area contributed by atoms with Crippen LogP contribution in [-0.4, -0.2) is 53.8 Å². The van der Waals surface area contributed by atoms with Crippen LogP contribution < -0.4 is 10.1 Å². The highest BCUT2D eigenvalue weighted by molar-refractivity contribution is 5.74. The first-order chi connectivity index (χ1) is 16.4. The molecule has 3 atom stereocenters. The number of urea groups is 1. The van der Waals surface area contributed by atoms with Crippen molar-refractivity contribution in [1.29, 1.82) is 0 Å². The van der Waals surface area contributed by atoms with Gasteiger partial charge < -0.3 is 15.0 Å². The number of benzene rings is 2. The number of piperidine rings is 1. The van der Waals surface area contributed by atoms with Crippen LogP contribution in [0.4, 0.5) is 13.6 Å². The largest absolute Gasteiger partial charge is 0.493 e. The zero-order chi connectivity index (χ0) is 24.1. The van der Waals surface area contributed by atoms with Gasteiger partial charge in [0.2, 0.25) is 0 Å². The first-order valence-corrected chi connectivity index (χ1v) is 12.3. The molecule has 5 nitrogen and oxygen atoms in total. The lowest BCUT2D eigenvalue weighted by molar-refractivity contribution is 0.0200. The van der Waals surface area contributed by atoms with Crippen LogP contribution in [0.5, 0.6) is 5.75 Å². The van der Waals surface area contributed by atoms with Gasteiger partial charge in [-0.25, -0.2) is 13.6 Å². The van der Waals surface area contributed by atoms with Gasteiger partial charge in [0.15, 0.2) is 0 Å². The fraction of sp³-hybridized carbons (Fsp3) is 0.519. The second-order valence-corrected chi connectivity index (χ2v) is 9.81. The van der Waals surface area contributed by atoms with Gasteiger partial charge in [-0.15, -0.1) is 0 Å². The van der Waals surface area contributed by atoms with Crippen LogP contribution in [0.3, 0.4) is 0 Å². The van der Waals surface area contributed by atoms with Crippen molar-refractivity contribution in [3.05, 3.63) is 65.5 Å². The van der Waals surface area contributed by atoms with E-state index in [-0.39, 0.29) is 24.4 Å². The Bertz CT molecular complexity index is 936. The van der Waals surface area contributed by atoms with Crippen LogP contribution >= 0.6 is 0 Å². The molecule has 0 aromatic heterocycles. The third-order valence-electron chi connectivity index (χ3n) is 6.74. The van der Waals surface area contributed by atoms with E-state index in [9.17, 15) is 9.18 Å². The van der Waals surface area contributed by atoms with Crippen molar-refractivity contribution in [2.24, 2.45) is 5.92 Å². The van der Waals surface area contributed by atoms with E-state index in [2.05, 4.69) is 24.1 Å². The molecule has 2 aromatic carbocycles. The second kappa shape index (κ2) is 11.2. The van der Waals surface area contributed by atoms with Crippen LogP contribution in [0.15, 0.2) is 48.5 Å². The van der Waals surface area contributed by atoms with E-state index in [1.165, 1.54) is 12.1 Å². The molecule has 2 heterocycles. The average Bonchev–Trinajstić information content (AvgIpc) is 3.32. The van der Waals surface area contributed by atoms with Gasteiger partial charge >= 0.3 is 6.03 Å². The van der Waals surface area contributed by atoms with Crippen LogP contribution in [0.25, 0.3) is 0 Å². The first kappa shape index (κ1) is 24.5. The summed E-state index contributed by atoms with van der Waals surface area (Å²) in [7, 11) is 0. The zero-order valence-corrected chi connectivity index (χ0v) is 20.1. The van der Waals surface area contributed by atoms with Crippen molar-refractivity contribution in [3.8, 4) is 5.75 Å². The molecule has 184 valence electrons. The minimum atomic E-state index is -1.10. The van der Waals surface area contributed by atoms with Crippen LogP contribution in [0.1, 0.15) is 44.2 Å². The molecule has 0 unspecified atom stereocenters. The Morgan fingerprint density at radius 2 is 1.79 bits per heavy atom. The summed E-state index contributed by atoms with van der Waals surface area (Å²) < 4.78 is 34.7. The Morgan fingerprint density at radius 3 is 2.50 bits per heavy atom. The van der Waals surface area contributed by atoms with Crippen molar-refractivity contribution in [3.63, 3.8) is 0 Å². The Labute approximate surface area is 201 Å². The number of alkyl halides is 1. The maximum atomic E-state index is 15.6. The van der Waals surface area contributed by atoms with Gasteiger partial charge in [-0.3, -0.25) is 4.90 Å². The summed E-state index contributed by atoms with van der Waals surface area (Å²) in [6.07, 6.45) is 1.32. The van der Waals surface area contributed by atoms with Crippen LogP contribution in [-0.2, 0) is 13.1 Å². The molecule has 2 saturated heterocycles. The molecule has 2 aliphatic rings. The zero-order valence-electron chi connectivity index (χ0n) is 20.1. The Hall–Kier alpha value is -2.67. The second-order valence-electron chi connectivity index (χ2n) is 9.81. The third kappa shape index (κ3) is 6.06. The van der Waals surface area contributed by atoms with E-state index in [0.717, 1.165) is 42.8 Å². The molecule has 1 N–H and O–H groups in total. The summed E-state index contributed by atoms with van der Waals surface area (Å²) in [6.45, 7) is 7.15. The lowest BCUT2D eigenvalue weighted by atomic mass is 9.93. The predicted octanol–water partition coefficient (Wildman–Crippen LogP) is 5.15. The van der Waals surface area contributed by atoms with Gasteiger partial charge in [-0.05, 0) is 67.1 Å². The van der Waals surface area contributed by atoms with E-state index >= 15 is 4.39 Å². The first-order valence-electron chi connectivity index (χ1n) is 12.3. The molecule has 2 aliphatic heterocycles. The molecule has 2 amide bonds. The minimum Gasteiger partial charge on any atom is -0.493 e. The van der Waals surface area contributed by atoms with Crippen molar-refractivity contribution in [2.75, 3.05) is 19.7 Å². The standard InChI is InChI=1S/C27H35F2N3O2/c1-19(2)18-34-23-11-7-20(8-12-23)16-30-27(33)32(17-21-5-9-22(28)10-6-21)25-13-15-31-14-3-4-24(31)26(25)29/h5-12,19,24-26H,3-4,13-18H2,1-2H3,(H,30,33)/t24-,25-,26-/m0/s1. The number of carbonyl (C=O) groups is 1.